The number of ether oxygens (including phenoxy) is 1. The third-order valence-corrected chi connectivity index (χ3v) is 4.94. The van der Waals surface area contributed by atoms with Crippen LogP contribution in [0.3, 0.4) is 0 Å². The summed E-state index contributed by atoms with van der Waals surface area (Å²) in [5.74, 6) is 0.329. The van der Waals surface area contributed by atoms with Gasteiger partial charge in [-0.3, -0.25) is 4.79 Å². The second-order valence-corrected chi connectivity index (χ2v) is 8.16. The largest absolute Gasteiger partial charge is 0.491 e. The number of anilines is 1. The molecule has 26 heavy (non-hydrogen) atoms. The van der Waals surface area contributed by atoms with E-state index < -0.39 is 10.0 Å². The third kappa shape index (κ3) is 5.57. The smallest absolute Gasteiger partial charge is 0.255 e. The van der Waals surface area contributed by atoms with Crippen LogP contribution in [-0.4, -0.2) is 26.5 Å². The van der Waals surface area contributed by atoms with Crippen molar-refractivity contribution in [2.75, 3.05) is 5.32 Å². The first-order valence-electron chi connectivity index (χ1n) is 8.38. The van der Waals surface area contributed by atoms with Crippen molar-refractivity contribution in [2.24, 2.45) is 0 Å². The van der Waals surface area contributed by atoms with E-state index in [2.05, 4.69) is 10.0 Å². The molecule has 0 aromatic heterocycles. The molecule has 0 radical (unpaired) electrons. The molecule has 6 nitrogen and oxygen atoms in total. The number of benzene rings is 2. The first-order chi connectivity index (χ1) is 12.2. The molecule has 1 amide bonds. The maximum atomic E-state index is 12.4. The van der Waals surface area contributed by atoms with Crippen molar-refractivity contribution >= 4 is 21.6 Å². The van der Waals surface area contributed by atoms with Crippen LogP contribution in [0.2, 0.25) is 0 Å². The molecule has 0 aliphatic rings. The maximum absolute atomic E-state index is 12.4. The SMILES string of the molecule is CC(C)NS(=O)(=O)c1cccc(C(=O)Nc2ccc(OC(C)C)cc2)c1. The summed E-state index contributed by atoms with van der Waals surface area (Å²) < 4.78 is 32.5. The second kappa shape index (κ2) is 8.33. The van der Waals surface area contributed by atoms with Crippen molar-refractivity contribution in [3.63, 3.8) is 0 Å². The van der Waals surface area contributed by atoms with Gasteiger partial charge >= 0.3 is 0 Å². The van der Waals surface area contributed by atoms with E-state index in [1.165, 1.54) is 12.1 Å². The van der Waals surface area contributed by atoms with Gasteiger partial charge in [-0.2, -0.15) is 0 Å². The first-order valence-corrected chi connectivity index (χ1v) is 9.86. The standard InChI is InChI=1S/C19H24N2O4S/c1-13(2)21-26(23,24)18-7-5-6-15(12-18)19(22)20-16-8-10-17(11-9-16)25-14(3)4/h5-14,21H,1-4H3,(H,20,22). The van der Waals surface area contributed by atoms with E-state index in [-0.39, 0.29) is 28.5 Å². The number of hydrogen-bond acceptors (Lipinski definition) is 4. The van der Waals surface area contributed by atoms with Gasteiger partial charge in [-0.15, -0.1) is 0 Å². The molecule has 0 aliphatic carbocycles. The van der Waals surface area contributed by atoms with Gasteiger partial charge in [0.05, 0.1) is 11.0 Å². The highest BCUT2D eigenvalue weighted by molar-refractivity contribution is 7.89. The number of rotatable bonds is 7. The van der Waals surface area contributed by atoms with E-state index in [1.54, 1.807) is 50.2 Å². The van der Waals surface area contributed by atoms with Crippen molar-refractivity contribution < 1.29 is 17.9 Å². The van der Waals surface area contributed by atoms with Gasteiger partial charge < -0.3 is 10.1 Å². The van der Waals surface area contributed by atoms with Crippen LogP contribution >= 0.6 is 0 Å². The summed E-state index contributed by atoms with van der Waals surface area (Å²) in [6, 6.07) is 12.7. The van der Waals surface area contributed by atoms with Gasteiger partial charge in [0.2, 0.25) is 10.0 Å². The Labute approximate surface area is 154 Å². The van der Waals surface area contributed by atoms with Crippen molar-refractivity contribution in [1.82, 2.24) is 4.72 Å². The normalized spacial score (nSPS) is 11.6. The predicted octanol–water partition coefficient (Wildman–Crippen LogP) is 3.41. The number of sulfonamides is 1. The van der Waals surface area contributed by atoms with Gasteiger partial charge in [0.1, 0.15) is 5.75 Å². The van der Waals surface area contributed by atoms with Gasteiger partial charge in [-0.1, -0.05) is 6.07 Å². The average Bonchev–Trinajstić information content (AvgIpc) is 2.55. The summed E-state index contributed by atoms with van der Waals surface area (Å²) in [5.41, 5.74) is 0.860. The molecule has 7 heteroatoms. The molecule has 2 N–H and O–H groups in total. The minimum Gasteiger partial charge on any atom is -0.491 e. The molecule has 2 aromatic rings. The quantitative estimate of drug-likeness (QED) is 0.775. The lowest BCUT2D eigenvalue weighted by atomic mass is 10.2. The molecule has 0 aliphatic heterocycles. The molecule has 0 saturated carbocycles. The van der Waals surface area contributed by atoms with Crippen molar-refractivity contribution in [2.45, 2.75) is 44.7 Å². The molecular formula is C19H24N2O4S. The molecule has 2 aromatic carbocycles. The number of amides is 1. The van der Waals surface area contributed by atoms with E-state index in [0.717, 1.165) is 0 Å². The Kier molecular flexibility index (Phi) is 6.39. The first kappa shape index (κ1) is 19.9. The van der Waals surface area contributed by atoms with Crippen LogP contribution < -0.4 is 14.8 Å². The Balaban J connectivity index is 2.14. The zero-order valence-electron chi connectivity index (χ0n) is 15.3. The molecular weight excluding hydrogens is 352 g/mol. The minimum atomic E-state index is -3.65. The summed E-state index contributed by atoms with van der Waals surface area (Å²) in [4.78, 5) is 12.5. The highest BCUT2D eigenvalue weighted by atomic mass is 32.2. The van der Waals surface area contributed by atoms with Gasteiger partial charge in [0.25, 0.3) is 5.91 Å². The zero-order valence-corrected chi connectivity index (χ0v) is 16.1. The Morgan fingerprint density at radius 2 is 1.65 bits per heavy atom. The molecule has 0 heterocycles. The number of nitrogens with one attached hydrogen (secondary N) is 2. The Hall–Kier alpha value is -2.38. The van der Waals surface area contributed by atoms with Gasteiger partial charge in [0.15, 0.2) is 0 Å². The zero-order chi connectivity index (χ0) is 19.3. The van der Waals surface area contributed by atoms with Gasteiger partial charge in [0, 0.05) is 17.3 Å². The fraction of sp³-hybridized carbons (Fsp3) is 0.316. The molecule has 0 unspecified atom stereocenters. The van der Waals surface area contributed by atoms with Crippen LogP contribution in [0.5, 0.6) is 5.75 Å². The fourth-order valence-corrected chi connectivity index (χ4v) is 3.57. The Morgan fingerprint density at radius 1 is 1.00 bits per heavy atom. The van der Waals surface area contributed by atoms with E-state index in [4.69, 9.17) is 4.74 Å². The van der Waals surface area contributed by atoms with Crippen LogP contribution in [-0.2, 0) is 10.0 Å². The predicted molar refractivity (Wildman–Crippen MR) is 102 cm³/mol. The molecule has 2 rings (SSSR count). The molecule has 0 spiro atoms. The van der Waals surface area contributed by atoms with Crippen LogP contribution in [0, 0.1) is 0 Å². The topological polar surface area (TPSA) is 84.5 Å². The summed E-state index contributed by atoms with van der Waals surface area (Å²) >= 11 is 0. The summed E-state index contributed by atoms with van der Waals surface area (Å²) in [6.07, 6.45) is 0.0691. The average molecular weight is 376 g/mol. The summed E-state index contributed by atoms with van der Waals surface area (Å²) in [5, 5.41) is 2.75. The van der Waals surface area contributed by atoms with Crippen molar-refractivity contribution in [3.05, 3.63) is 54.1 Å². The molecule has 0 bridgehead atoms. The van der Waals surface area contributed by atoms with Crippen LogP contribution in [0.1, 0.15) is 38.1 Å². The van der Waals surface area contributed by atoms with E-state index in [9.17, 15) is 13.2 Å². The Bertz CT molecular complexity index is 859. The molecule has 140 valence electrons. The maximum Gasteiger partial charge on any atom is 0.255 e. The van der Waals surface area contributed by atoms with Gasteiger partial charge in [-0.25, -0.2) is 13.1 Å². The number of carbonyl (C=O) groups is 1. The molecule has 0 fully saturated rings. The van der Waals surface area contributed by atoms with E-state index in [1.807, 2.05) is 13.8 Å². The lowest BCUT2D eigenvalue weighted by molar-refractivity contribution is 0.102. The third-order valence-electron chi connectivity index (χ3n) is 3.28. The summed E-state index contributed by atoms with van der Waals surface area (Å²) in [6.45, 7) is 7.34. The Morgan fingerprint density at radius 3 is 2.23 bits per heavy atom. The monoisotopic (exact) mass is 376 g/mol. The molecule has 0 atom stereocenters. The number of hydrogen-bond donors (Lipinski definition) is 2. The van der Waals surface area contributed by atoms with Crippen LogP contribution in [0.25, 0.3) is 0 Å². The highest BCUT2D eigenvalue weighted by Gasteiger charge is 2.17. The van der Waals surface area contributed by atoms with Crippen LogP contribution in [0.15, 0.2) is 53.4 Å². The van der Waals surface area contributed by atoms with E-state index in [0.29, 0.717) is 11.4 Å². The molecule has 0 saturated heterocycles. The van der Waals surface area contributed by atoms with Crippen LogP contribution in [0.4, 0.5) is 5.69 Å². The highest BCUT2D eigenvalue weighted by Crippen LogP contribution is 2.18. The van der Waals surface area contributed by atoms with Gasteiger partial charge in [-0.05, 0) is 70.2 Å². The fourth-order valence-electron chi connectivity index (χ4n) is 2.28. The number of carbonyl (C=O) groups excluding carboxylic acids is 1. The lowest BCUT2D eigenvalue weighted by Crippen LogP contribution is -2.30. The van der Waals surface area contributed by atoms with Crippen molar-refractivity contribution in [3.8, 4) is 5.75 Å². The van der Waals surface area contributed by atoms with E-state index >= 15 is 0 Å². The summed E-state index contributed by atoms with van der Waals surface area (Å²) in [7, 11) is -3.65. The van der Waals surface area contributed by atoms with Crippen molar-refractivity contribution in [1.29, 1.82) is 0 Å². The lowest BCUT2D eigenvalue weighted by Gasteiger charge is -2.12. The second-order valence-electron chi connectivity index (χ2n) is 6.45. The minimum absolute atomic E-state index is 0.0551.